The van der Waals surface area contributed by atoms with E-state index in [4.69, 9.17) is 10.5 Å². The average molecular weight is 280 g/mol. The molecular weight excluding hydrogens is 264 g/mol. The van der Waals surface area contributed by atoms with Crippen LogP contribution in [0.25, 0.3) is 16.9 Å². The third-order valence-electron chi connectivity index (χ3n) is 3.14. The van der Waals surface area contributed by atoms with Gasteiger partial charge in [0, 0.05) is 17.4 Å². The molecule has 0 fully saturated rings. The molecule has 0 unspecified atom stereocenters. The van der Waals surface area contributed by atoms with Gasteiger partial charge in [0.05, 0.1) is 24.8 Å². The Morgan fingerprint density at radius 3 is 2.71 bits per heavy atom. The van der Waals surface area contributed by atoms with Crippen molar-refractivity contribution >= 4 is 5.82 Å². The Hall–Kier alpha value is -2.82. The topological polar surface area (TPSA) is 66.0 Å². The minimum Gasteiger partial charge on any atom is -0.494 e. The Kier molecular flexibility index (Phi) is 3.55. The van der Waals surface area contributed by atoms with E-state index in [9.17, 15) is 0 Å². The lowest BCUT2D eigenvalue weighted by Gasteiger charge is -2.10. The van der Waals surface area contributed by atoms with Crippen LogP contribution in [-0.2, 0) is 0 Å². The minimum absolute atomic E-state index is 0.493. The van der Waals surface area contributed by atoms with Crippen LogP contribution in [0.4, 0.5) is 5.82 Å². The molecule has 0 saturated carbocycles. The van der Waals surface area contributed by atoms with E-state index in [2.05, 4.69) is 9.97 Å². The highest BCUT2D eigenvalue weighted by Gasteiger charge is 2.07. The van der Waals surface area contributed by atoms with Crippen molar-refractivity contribution in [2.24, 2.45) is 0 Å². The van der Waals surface area contributed by atoms with Crippen LogP contribution in [-0.4, -0.2) is 21.1 Å². The lowest BCUT2D eigenvalue weighted by Crippen LogP contribution is -1.97. The zero-order valence-electron chi connectivity index (χ0n) is 11.7. The van der Waals surface area contributed by atoms with E-state index < -0.39 is 0 Å². The number of imidazole rings is 1. The van der Waals surface area contributed by atoms with Crippen LogP contribution < -0.4 is 10.5 Å². The number of aromatic nitrogens is 3. The van der Waals surface area contributed by atoms with Gasteiger partial charge in [0.25, 0.3) is 0 Å². The molecule has 21 heavy (non-hydrogen) atoms. The number of hydrogen-bond donors (Lipinski definition) is 1. The second kappa shape index (κ2) is 5.66. The molecule has 0 amide bonds. The van der Waals surface area contributed by atoms with Crippen molar-refractivity contribution < 1.29 is 4.74 Å². The fourth-order valence-corrected chi connectivity index (χ4v) is 2.19. The molecule has 2 heterocycles. The van der Waals surface area contributed by atoms with Gasteiger partial charge < -0.3 is 10.5 Å². The van der Waals surface area contributed by atoms with E-state index in [1.807, 2.05) is 54.1 Å². The van der Waals surface area contributed by atoms with Crippen molar-refractivity contribution in [3.63, 3.8) is 0 Å². The monoisotopic (exact) mass is 280 g/mol. The maximum absolute atomic E-state index is 5.75. The van der Waals surface area contributed by atoms with Crippen LogP contribution in [0.3, 0.4) is 0 Å². The summed E-state index contributed by atoms with van der Waals surface area (Å²) in [5.74, 6) is 1.35. The number of nitrogens with two attached hydrogens (primary N) is 1. The van der Waals surface area contributed by atoms with Gasteiger partial charge in [-0.2, -0.15) is 0 Å². The number of benzene rings is 1. The lowest BCUT2D eigenvalue weighted by molar-refractivity contribution is 0.340. The van der Waals surface area contributed by atoms with Gasteiger partial charge in [-0.15, -0.1) is 0 Å². The zero-order valence-corrected chi connectivity index (χ0v) is 11.7. The first-order valence-corrected chi connectivity index (χ1v) is 6.75. The highest BCUT2D eigenvalue weighted by molar-refractivity contribution is 5.64. The van der Waals surface area contributed by atoms with Gasteiger partial charge in [-0.1, -0.05) is 0 Å². The molecule has 0 spiro atoms. The van der Waals surface area contributed by atoms with Gasteiger partial charge >= 0.3 is 0 Å². The van der Waals surface area contributed by atoms with Crippen LogP contribution >= 0.6 is 0 Å². The van der Waals surface area contributed by atoms with Crippen molar-refractivity contribution in [3.8, 4) is 22.7 Å². The molecule has 0 bridgehead atoms. The number of hydrogen-bond acceptors (Lipinski definition) is 4. The van der Waals surface area contributed by atoms with Crippen molar-refractivity contribution in [1.82, 2.24) is 14.5 Å². The summed E-state index contributed by atoms with van der Waals surface area (Å²) in [5.41, 5.74) is 8.71. The summed E-state index contributed by atoms with van der Waals surface area (Å²) >= 11 is 0. The first-order valence-electron chi connectivity index (χ1n) is 6.75. The van der Waals surface area contributed by atoms with Crippen molar-refractivity contribution in [3.05, 3.63) is 55.1 Å². The molecule has 0 radical (unpaired) electrons. The van der Waals surface area contributed by atoms with Crippen molar-refractivity contribution in [2.45, 2.75) is 6.92 Å². The molecule has 0 aliphatic rings. The molecule has 106 valence electrons. The Bertz CT molecular complexity index is 734. The summed E-state index contributed by atoms with van der Waals surface area (Å²) in [6.45, 7) is 2.63. The molecular formula is C16H16N4O. The maximum atomic E-state index is 5.75. The van der Waals surface area contributed by atoms with E-state index in [1.165, 1.54) is 0 Å². The fourth-order valence-electron chi connectivity index (χ4n) is 2.19. The molecule has 2 N–H and O–H groups in total. The SMILES string of the molecule is CCOc1ccc(-n2cncc2-c2ccnc(N)c2)cc1. The molecule has 0 aliphatic carbocycles. The average Bonchev–Trinajstić information content (AvgIpc) is 2.98. The molecule has 3 aromatic rings. The first kappa shape index (κ1) is 13.2. The van der Waals surface area contributed by atoms with E-state index >= 15 is 0 Å². The van der Waals surface area contributed by atoms with Gasteiger partial charge in [-0.3, -0.25) is 4.57 Å². The van der Waals surface area contributed by atoms with Crippen LogP contribution in [0.1, 0.15) is 6.92 Å². The van der Waals surface area contributed by atoms with Gasteiger partial charge in [0.15, 0.2) is 0 Å². The van der Waals surface area contributed by atoms with Gasteiger partial charge in [0.1, 0.15) is 11.6 Å². The zero-order chi connectivity index (χ0) is 14.7. The smallest absolute Gasteiger partial charge is 0.123 e. The molecule has 5 nitrogen and oxygen atoms in total. The number of ether oxygens (including phenoxy) is 1. The molecule has 2 aromatic heterocycles. The second-order valence-electron chi connectivity index (χ2n) is 4.55. The standard InChI is InChI=1S/C16H16N4O/c1-2-21-14-5-3-13(4-6-14)20-11-18-10-15(20)12-7-8-19-16(17)9-12/h3-11H,2H2,1H3,(H2,17,19). The molecule has 0 saturated heterocycles. The predicted molar refractivity (Wildman–Crippen MR) is 82.4 cm³/mol. The summed E-state index contributed by atoms with van der Waals surface area (Å²) < 4.78 is 7.46. The van der Waals surface area contributed by atoms with E-state index in [1.54, 1.807) is 12.5 Å². The summed E-state index contributed by atoms with van der Waals surface area (Å²) in [7, 11) is 0. The number of rotatable bonds is 4. The normalized spacial score (nSPS) is 10.5. The number of anilines is 1. The largest absolute Gasteiger partial charge is 0.494 e. The lowest BCUT2D eigenvalue weighted by atomic mass is 10.2. The fraction of sp³-hybridized carbons (Fsp3) is 0.125. The molecule has 5 heteroatoms. The highest BCUT2D eigenvalue weighted by atomic mass is 16.5. The van der Waals surface area contributed by atoms with E-state index in [0.29, 0.717) is 12.4 Å². The Balaban J connectivity index is 1.98. The number of nitrogen functional groups attached to an aromatic ring is 1. The summed E-state index contributed by atoms with van der Waals surface area (Å²) in [5, 5.41) is 0. The summed E-state index contributed by atoms with van der Waals surface area (Å²) in [4.78, 5) is 8.25. The van der Waals surface area contributed by atoms with Gasteiger partial charge in [-0.25, -0.2) is 9.97 Å². The summed E-state index contributed by atoms with van der Waals surface area (Å²) in [6.07, 6.45) is 5.28. The van der Waals surface area contributed by atoms with Crippen molar-refractivity contribution in [1.29, 1.82) is 0 Å². The Morgan fingerprint density at radius 1 is 1.19 bits per heavy atom. The first-order chi connectivity index (χ1) is 10.3. The third kappa shape index (κ3) is 2.72. The van der Waals surface area contributed by atoms with Gasteiger partial charge in [0.2, 0.25) is 0 Å². The maximum Gasteiger partial charge on any atom is 0.123 e. The second-order valence-corrected chi connectivity index (χ2v) is 4.55. The number of pyridine rings is 1. The van der Waals surface area contributed by atoms with Gasteiger partial charge in [-0.05, 0) is 43.3 Å². The van der Waals surface area contributed by atoms with E-state index in [-0.39, 0.29) is 0 Å². The number of nitrogens with zero attached hydrogens (tertiary/aromatic N) is 3. The van der Waals surface area contributed by atoms with Crippen LogP contribution in [0.2, 0.25) is 0 Å². The molecule has 0 atom stereocenters. The van der Waals surface area contributed by atoms with E-state index in [0.717, 1.165) is 22.7 Å². The predicted octanol–water partition coefficient (Wildman–Crippen LogP) is 2.92. The van der Waals surface area contributed by atoms with Crippen molar-refractivity contribution in [2.75, 3.05) is 12.3 Å². The molecule has 0 aliphatic heterocycles. The van der Waals surface area contributed by atoms with Crippen LogP contribution in [0.15, 0.2) is 55.1 Å². The molecule has 1 aromatic carbocycles. The summed E-state index contributed by atoms with van der Waals surface area (Å²) in [6, 6.07) is 11.6. The third-order valence-corrected chi connectivity index (χ3v) is 3.14. The van der Waals surface area contributed by atoms with Crippen LogP contribution in [0.5, 0.6) is 5.75 Å². The minimum atomic E-state index is 0.493. The molecule has 3 rings (SSSR count). The quantitative estimate of drug-likeness (QED) is 0.798. The van der Waals surface area contributed by atoms with Crippen LogP contribution in [0, 0.1) is 0 Å². The Morgan fingerprint density at radius 2 is 2.00 bits per heavy atom. The Labute approximate surface area is 123 Å². The highest BCUT2D eigenvalue weighted by Crippen LogP contribution is 2.24.